The van der Waals surface area contributed by atoms with Crippen molar-refractivity contribution in [1.82, 2.24) is 19.6 Å². The number of rotatable bonds is 2. The van der Waals surface area contributed by atoms with E-state index in [1.807, 2.05) is 0 Å². The van der Waals surface area contributed by atoms with Crippen molar-refractivity contribution < 1.29 is 4.39 Å². The quantitative estimate of drug-likeness (QED) is 0.655. The SMILES string of the molecule is C=C1C=NC2=C(CCN(c3cncc(Cl)n3)[C@@H]2c2cc3c(F)cccn3n2)C1. The molecular formula is C20H16ClFN6. The van der Waals surface area contributed by atoms with Gasteiger partial charge < -0.3 is 4.90 Å². The minimum atomic E-state index is -0.319. The Balaban J connectivity index is 1.69. The van der Waals surface area contributed by atoms with Gasteiger partial charge in [-0.25, -0.2) is 13.9 Å². The minimum Gasteiger partial charge on any atom is -0.341 e. The molecule has 0 saturated carbocycles. The number of anilines is 1. The van der Waals surface area contributed by atoms with Crippen LogP contribution in [0.5, 0.6) is 0 Å². The maximum Gasteiger partial charge on any atom is 0.149 e. The van der Waals surface area contributed by atoms with Crippen molar-refractivity contribution in [2.24, 2.45) is 4.99 Å². The summed E-state index contributed by atoms with van der Waals surface area (Å²) < 4.78 is 15.8. The molecule has 0 bridgehead atoms. The number of allylic oxidation sites excluding steroid dienone is 1. The van der Waals surface area contributed by atoms with Crippen LogP contribution in [-0.4, -0.2) is 32.3 Å². The number of pyridine rings is 1. The van der Waals surface area contributed by atoms with Gasteiger partial charge in [0.15, 0.2) is 0 Å². The number of halogens is 2. The van der Waals surface area contributed by atoms with Gasteiger partial charge in [-0.1, -0.05) is 18.2 Å². The van der Waals surface area contributed by atoms with Gasteiger partial charge in [0.2, 0.25) is 0 Å². The molecule has 5 rings (SSSR count). The number of fused-ring (bicyclic) bond motifs is 1. The van der Waals surface area contributed by atoms with Gasteiger partial charge in [0.25, 0.3) is 0 Å². The Morgan fingerprint density at radius 1 is 1.29 bits per heavy atom. The topological polar surface area (TPSA) is 58.7 Å². The first-order valence-electron chi connectivity index (χ1n) is 8.92. The van der Waals surface area contributed by atoms with Crippen molar-refractivity contribution in [3.05, 3.63) is 76.9 Å². The average molecular weight is 395 g/mol. The van der Waals surface area contributed by atoms with Crippen LogP contribution < -0.4 is 4.90 Å². The first-order valence-corrected chi connectivity index (χ1v) is 9.30. The molecule has 0 saturated heterocycles. The smallest absolute Gasteiger partial charge is 0.149 e. The summed E-state index contributed by atoms with van der Waals surface area (Å²) in [5, 5.41) is 4.95. The summed E-state index contributed by atoms with van der Waals surface area (Å²) in [7, 11) is 0. The molecule has 2 aliphatic rings. The molecule has 0 amide bonds. The Morgan fingerprint density at radius 3 is 3.00 bits per heavy atom. The van der Waals surface area contributed by atoms with Crippen LogP contribution in [0, 0.1) is 5.82 Å². The van der Waals surface area contributed by atoms with Crippen LogP contribution in [0.25, 0.3) is 5.52 Å². The van der Waals surface area contributed by atoms with Gasteiger partial charge >= 0.3 is 0 Å². The standard InChI is InChI=1S/C20H16ClFN6/c1-12-7-13-4-6-27(18-11-23-10-17(21)25-18)20(19(13)24-9-12)15-8-16-14(22)3-2-5-28(16)26-15/h2-3,5,8-11,20H,1,4,6-7H2/t20-/m1/s1. The van der Waals surface area contributed by atoms with E-state index in [0.29, 0.717) is 28.7 Å². The molecule has 0 N–H and O–H groups in total. The van der Waals surface area contributed by atoms with Crippen LogP contribution in [0.15, 0.2) is 65.2 Å². The lowest BCUT2D eigenvalue weighted by molar-refractivity contribution is 0.596. The Labute approximate surface area is 165 Å². The molecule has 0 aliphatic carbocycles. The van der Waals surface area contributed by atoms with Gasteiger partial charge in [-0.15, -0.1) is 0 Å². The summed E-state index contributed by atoms with van der Waals surface area (Å²) in [5.41, 5.74) is 4.23. The van der Waals surface area contributed by atoms with Crippen molar-refractivity contribution in [1.29, 1.82) is 0 Å². The molecule has 3 aromatic heterocycles. The zero-order valence-corrected chi connectivity index (χ0v) is 15.6. The summed E-state index contributed by atoms with van der Waals surface area (Å²) in [5.74, 6) is 0.321. The molecule has 2 aliphatic heterocycles. The van der Waals surface area contributed by atoms with E-state index in [4.69, 9.17) is 11.6 Å². The molecule has 0 radical (unpaired) electrons. The van der Waals surface area contributed by atoms with E-state index in [9.17, 15) is 4.39 Å². The Hall–Kier alpha value is -3.06. The predicted molar refractivity (Wildman–Crippen MR) is 106 cm³/mol. The fourth-order valence-corrected chi connectivity index (χ4v) is 3.97. The minimum absolute atomic E-state index is 0.305. The summed E-state index contributed by atoms with van der Waals surface area (Å²) >= 11 is 6.08. The highest BCUT2D eigenvalue weighted by molar-refractivity contribution is 6.29. The number of hydrogen-bond acceptors (Lipinski definition) is 5. The normalized spacial score (nSPS) is 19.4. The second-order valence-corrected chi connectivity index (χ2v) is 7.27. The predicted octanol–water partition coefficient (Wildman–Crippen LogP) is 4.15. The lowest BCUT2D eigenvalue weighted by Crippen LogP contribution is -2.36. The summed E-state index contributed by atoms with van der Waals surface area (Å²) in [6, 6.07) is 4.52. The molecule has 1 atom stereocenters. The van der Waals surface area contributed by atoms with Crippen molar-refractivity contribution in [3.63, 3.8) is 0 Å². The van der Waals surface area contributed by atoms with Crippen LogP contribution in [0.4, 0.5) is 10.2 Å². The second-order valence-electron chi connectivity index (χ2n) is 6.88. The van der Waals surface area contributed by atoms with Crippen LogP contribution in [0.1, 0.15) is 24.6 Å². The number of aromatic nitrogens is 4. The molecule has 140 valence electrons. The fraction of sp³-hybridized carbons (Fsp3) is 0.200. The molecule has 0 spiro atoms. The number of hydrogen-bond donors (Lipinski definition) is 0. The monoisotopic (exact) mass is 394 g/mol. The van der Waals surface area contributed by atoms with E-state index >= 15 is 0 Å². The molecule has 5 heterocycles. The maximum absolute atomic E-state index is 14.3. The third-order valence-corrected chi connectivity index (χ3v) is 5.23. The van der Waals surface area contributed by atoms with Gasteiger partial charge in [0.1, 0.15) is 28.3 Å². The van der Waals surface area contributed by atoms with E-state index in [-0.39, 0.29) is 11.9 Å². The van der Waals surface area contributed by atoms with E-state index in [1.165, 1.54) is 17.8 Å². The van der Waals surface area contributed by atoms with Crippen LogP contribution in [0.3, 0.4) is 0 Å². The van der Waals surface area contributed by atoms with Crippen LogP contribution >= 0.6 is 11.6 Å². The Morgan fingerprint density at radius 2 is 2.18 bits per heavy atom. The van der Waals surface area contributed by atoms with Gasteiger partial charge in [-0.3, -0.25) is 9.98 Å². The summed E-state index contributed by atoms with van der Waals surface area (Å²) in [6.45, 7) is 4.74. The lowest BCUT2D eigenvalue weighted by Gasteiger charge is -2.38. The van der Waals surface area contributed by atoms with Gasteiger partial charge in [0.05, 0.1) is 23.8 Å². The van der Waals surface area contributed by atoms with E-state index in [0.717, 1.165) is 24.1 Å². The summed E-state index contributed by atoms with van der Waals surface area (Å²) in [4.78, 5) is 15.3. The highest BCUT2D eigenvalue weighted by atomic mass is 35.5. The Bertz CT molecular complexity index is 1160. The molecule has 0 unspecified atom stereocenters. The van der Waals surface area contributed by atoms with Gasteiger partial charge in [-0.2, -0.15) is 5.10 Å². The van der Waals surface area contributed by atoms with Gasteiger partial charge in [0, 0.05) is 19.0 Å². The van der Waals surface area contributed by atoms with Crippen LogP contribution in [0.2, 0.25) is 5.15 Å². The highest BCUT2D eigenvalue weighted by Crippen LogP contribution is 2.41. The third kappa shape index (κ3) is 2.79. The third-order valence-electron chi connectivity index (χ3n) is 5.05. The van der Waals surface area contributed by atoms with Crippen molar-refractivity contribution >= 4 is 29.2 Å². The molecule has 28 heavy (non-hydrogen) atoms. The number of aliphatic imine (C=N–C) groups is 1. The maximum atomic E-state index is 14.3. The Kier molecular flexibility index (Phi) is 3.98. The molecule has 3 aromatic rings. The second kappa shape index (κ2) is 6.53. The zero-order chi connectivity index (χ0) is 19.3. The van der Waals surface area contributed by atoms with Crippen molar-refractivity contribution in [2.75, 3.05) is 11.4 Å². The largest absolute Gasteiger partial charge is 0.341 e. The fourth-order valence-electron chi connectivity index (χ4n) is 3.83. The molecule has 0 aromatic carbocycles. The van der Waals surface area contributed by atoms with E-state index in [2.05, 4.69) is 31.5 Å². The zero-order valence-electron chi connectivity index (χ0n) is 14.9. The molecular weight excluding hydrogens is 379 g/mol. The number of nitrogens with zero attached hydrogens (tertiary/aromatic N) is 6. The van der Waals surface area contributed by atoms with E-state index in [1.54, 1.807) is 35.3 Å². The van der Waals surface area contributed by atoms with Crippen LogP contribution in [-0.2, 0) is 0 Å². The molecule has 8 heteroatoms. The van der Waals surface area contributed by atoms with Crippen molar-refractivity contribution in [2.45, 2.75) is 18.9 Å². The van der Waals surface area contributed by atoms with Gasteiger partial charge in [-0.05, 0) is 42.2 Å². The molecule has 0 fully saturated rings. The summed E-state index contributed by atoms with van der Waals surface area (Å²) in [6.07, 6.45) is 8.30. The average Bonchev–Trinajstić information content (AvgIpc) is 3.12. The van der Waals surface area contributed by atoms with Crippen molar-refractivity contribution in [3.8, 4) is 0 Å². The molecule has 6 nitrogen and oxygen atoms in total. The van der Waals surface area contributed by atoms with E-state index < -0.39 is 0 Å². The first kappa shape index (κ1) is 17.1. The lowest BCUT2D eigenvalue weighted by atomic mass is 9.90. The highest BCUT2D eigenvalue weighted by Gasteiger charge is 2.35. The first-order chi connectivity index (χ1) is 13.6.